The largest absolute Gasteiger partial charge is 0.497 e. The van der Waals surface area contributed by atoms with E-state index < -0.39 is 17.6 Å². The Balaban J connectivity index is 2.33. The van der Waals surface area contributed by atoms with Gasteiger partial charge in [-0.05, 0) is 17.7 Å². The Morgan fingerprint density at radius 1 is 1.20 bits per heavy atom. The molecule has 0 fully saturated rings. The summed E-state index contributed by atoms with van der Waals surface area (Å²) < 4.78 is 6.31. The van der Waals surface area contributed by atoms with E-state index in [2.05, 4.69) is 4.98 Å². The lowest BCUT2D eigenvalue weighted by molar-refractivity contribution is 0.0640. The third-order valence-corrected chi connectivity index (χ3v) is 2.75. The Bertz CT molecular complexity index is 645. The van der Waals surface area contributed by atoms with Gasteiger partial charge in [0.1, 0.15) is 5.75 Å². The van der Waals surface area contributed by atoms with E-state index in [0.29, 0.717) is 5.75 Å². The van der Waals surface area contributed by atoms with Crippen LogP contribution in [0.2, 0.25) is 0 Å². The van der Waals surface area contributed by atoms with Crippen LogP contribution in [0.15, 0.2) is 30.6 Å². The molecule has 0 aliphatic rings. The van der Waals surface area contributed by atoms with E-state index in [4.69, 9.17) is 14.9 Å². The molecule has 2 N–H and O–H groups in total. The number of nitrogens with zero attached hydrogens (tertiary/aromatic N) is 2. The second kappa shape index (κ2) is 5.43. The molecule has 2 aromatic rings. The first-order valence-corrected chi connectivity index (χ1v) is 5.67. The zero-order valence-electron chi connectivity index (χ0n) is 10.6. The average Bonchev–Trinajstić information content (AvgIpc) is 2.83. The van der Waals surface area contributed by atoms with Crippen LogP contribution in [0.5, 0.6) is 5.75 Å². The third-order valence-electron chi connectivity index (χ3n) is 2.75. The third kappa shape index (κ3) is 2.61. The minimum absolute atomic E-state index is 0.214. The SMILES string of the molecule is COc1ccc(Cn2cnc(C(=O)O)c2C(=O)O)cc1. The normalized spacial score (nSPS) is 10.2. The van der Waals surface area contributed by atoms with E-state index in [-0.39, 0.29) is 12.2 Å². The average molecular weight is 276 g/mol. The molecule has 0 atom stereocenters. The molecule has 0 unspecified atom stereocenters. The quantitative estimate of drug-likeness (QED) is 0.854. The topological polar surface area (TPSA) is 102 Å². The van der Waals surface area contributed by atoms with Crippen molar-refractivity contribution in [3.8, 4) is 5.75 Å². The zero-order chi connectivity index (χ0) is 14.7. The second-order valence-electron chi connectivity index (χ2n) is 4.03. The van der Waals surface area contributed by atoms with Gasteiger partial charge in [-0.3, -0.25) is 0 Å². The van der Waals surface area contributed by atoms with Crippen LogP contribution in [0.1, 0.15) is 26.5 Å². The van der Waals surface area contributed by atoms with Crippen LogP contribution >= 0.6 is 0 Å². The summed E-state index contributed by atoms with van der Waals surface area (Å²) in [5.74, 6) is -2.01. The molecule has 0 saturated carbocycles. The van der Waals surface area contributed by atoms with Crippen molar-refractivity contribution in [2.45, 2.75) is 6.54 Å². The number of hydrogen-bond acceptors (Lipinski definition) is 4. The number of aromatic nitrogens is 2. The van der Waals surface area contributed by atoms with Crippen LogP contribution in [0.25, 0.3) is 0 Å². The molecule has 7 nitrogen and oxygen atoms in total. The highest BCUT2D eigenvalue weighted by Crippen LogP contribution is 2.15. The summed E-state index contributed by atoms with van der Waals surface area (Å²) in [6, 6.07) is 7.02. The molecule has 104 valence electrons. The summed E-state index contributed by atoms with van der Waals surface area (Å²) in [6.45, 7) is 0.214. The highest BCUT2D eigenvalue weighted by atomic mass is 16.5. The number of carbonyl (C=O) groups is 2. The molecule has 0 saturated heterocycles. The van der Waals surface area contributed by atoms with Crippen molar-refractivity contribution in [2.24, 2.45) is 0 Å². The number of benzene rings is 1. The van der Waals surface area contributed by atoms with Gasteiger partial charge in [-0.1, -0.05) is 12.1 Å². The molecule has 0 aliphatic heterocycles. The van der Waals surface area contributed by atoms with Gasteiger partial charge in [-0.15, -0.1) is 0 Å². The summed E-state index contributed by atoms with van der Waals surface area (Å²) >= 11 is 0. The summed E-state index contributed by atoms with van der Waals surface area (Å²) in [7, 11) is 1.55. The standard InChI is InChI=1S/C13H12N2O5/c1-20-9-4-2-8(3-5-9)6-15-7-14-10(12(16)17)11(15)13(18)19/h2-5,7H,6H2,1H3,(H,16,17)(H,18,19). The van der Waals surface area contributed by atoms with Gasteiger partial charge in [0.2, 0.25) is 0 Å². The summed E-state index contributed by atoms with van der Waals surface area (Å²) in [5.41, 5.74) is 0.00182. The molecule has 1 aromatic heterocycles. The minimum atomic E-state index is -1.36. The fraction of sp³-hybridized carbons (Fsp3) is 0.154. The number of ether oxygens (including phenoxy) is 1. The molecule has 0 radical (unpaired) electrons. The Morgan fingerprint density at radius 2 is 1.85 bits per heavy atom. The summed E-state index contributed by atoms with van der Waals surface area (Å²) in [5, 5.41) is 18.0. The smallest absolute Gasteiger partial charge is 0.357 e. The number of carboxylic acid groups (broad SMARTS) is 2. The molecule has 0 amide bonds. The number of methoxy groups -OCH3 is 1. The molecule has 1 aromatic carbocycles. The molecule has 1 heterocycles. The highest BCUT2D eigenvalue weighted by molar-refractivity contribution is 5.99. The molecule has 7 heteroatoms. The van der Waals surface area contributed by atoms with E-state index >= 15 is 0 Å². The molecule has 0 spiro atoms. The van der Waals surface area contributed by atoms with Crippen LogP contribution in [-0.2, 0) is 6.54 Å². The Kier molecular flexibility index (Phi) is 3.69. The number of rotatable bonds is 5. The highest BCUT2D eigenvalue weighted by Gasteiger charge is 2.22. The van der Waals surface area contributed by atoms with Crippen LogP contribution in [0.4, 0.5) is 0 Å². The van der Waals surface area contributed by atoms with Crippen molar-refractivity contribution in [1.82, 2.24) is 9.55 Å². The molecular weight excluding hydrogens is 264 g/mol. The minimum Gasteiger partial charge on any atom is -0.497 e. The van der Waals surface area contributed by atoms with Crippen LogP contribution in [0, 0.1) is 0 Å². The number of carboxylic acids is 2. The monoisotopic (exact) mass is 276 g/mol. The van der Waals surface area contributed by atoms with Gasteiger partial charge < -0.3 is 19.5 Å². The summed E-state index contributed by atoms with van der Waals surface area (Å²) in [4.78, 5) is 25.7. The predicted molar refractivity (Wildman–Crippen MR) is 68.2 cm³/mol. The van der Waals surface area contributed by atoms with Crippen molar-refractivity contribution in [1.29, 1.82) is 0 Å². The number of imidazole rings is 1. The molecule has 0 bridgehead atoms. The Morgan fingerprint density at radius 3 is 2.35 bits per heavy atom. The van der Waals surface area contributed by atoms with E-state index in [1.165, 1.54) is 10.9 Å². The van der Waals surface area contributed by atoms with Gasteiger partial charge in [-0.25, -0.2) is 14.6 Å². The van der Waals surface area contributed by atoms with Crippen molar-refractivity contribution < 1.29 is 24.5 Å². The van der Waals surface area contributed by atoms with Gasteiger partial charge >= 0.3 is 11.9 Å². The Labute approximate surface area is 114 Å². The predicted octanol–water partition coefficient (Wildman–Crippen LogP) is 1.34. The van der Waals surface area contributed by atoms with Gasteiger partial charge in [0.15, 0.2) is 11.4 Å². The van der Waals surface area contributed by atoms with Crippen molar-refractivity contribution >= 4 is 11.9 Å². The lowest BCUT2D eigenvalue weighted by Crippen LogP contribution is -2.13. The van der Waals surface area contributed by atoms with E-state index in [9.17, 15) is 9.59 Å². The second-order valence-corrected chi connectivity index (χ2v) is 4.03. The van der Waals surface area contributed by atoms with Gasteiger partial charge in [0, 0.05) is 6.54 Å². The fourth-order valence-electron chi connectivity index (χ4n) is 1.81. The van der Waals surface area contributed by atoms with Gasteiger partial charge in [0.25, 0.3) is 0 Å². The molecule has 0 aliphatic carbocycles. The van der Waals surface area contributed by atoms with Crippen molar-refractivity contribution in [2.75, 3.05) is 7.11 Å². The van der Waals surface area contributed by atoms with Crippen molar-refractivity contribution in [3.63, 3.8) is 0 Å². The first-order chi connectivity index (χ1) is 9.52. The van der Waals surface area contributed by atoms with Gasteiger partial charge in [0.05, 0.1) is 13.4 Å². The molecule has 2 rings (SSSR count). The Hall–Kier alpha value is -2.83. The lowest BCUT2D eigenvalue weighted by Gasteiger charge is -2.07. The van der Waals surface area contributed by atoms with E-state index in [1.54, 1.807) is 31.4 Å². The number of aromatic carboxylic acids is 2. The maximum Gasteiger partial charge on any atom is 0.357 e. The van der Waals surface area contributed by atoms with Gasteiger partial charge in [-0.2, -0.15) is 0 Å². The number of hydrogen-bond donors (Lipinski definition) is 2. The molecule has 20 heavy (non-hydrogen) atoms. The lowest BCUT2D eigenvalue weighted by atomic mass is 10.2. The van der Waals surface area contributed by atoms with Crippen LogP contribution in [0.3, 0.4) is 0 Å². The van der Waals surface area contributed by atoms with Crippen molar-refractivity contribution in [3.05, 3.63) is 47.5 Å². The van der Waals surface area contributed by atoms with Crippen LogP contribution in [-0.4, -0.2) is 38.8 Å². The zero-order valence-corrected chi connectivity index (χ0v) is 10.6. The van der Waals surface area contributed by atoms with E-state index in [1.807, 2.05) is 0 Å². The molecular formula is C13H12N2O5. The maximum absolute atomic E-state index is 11.2. The van der Waals surface area contributed by atoms with Crippen LogP contribution < -0.4 is 4.74 Å². The first-order valence-electron chi connectivity index (χ1n) is 5.67. The summed E-state index contributed by atoms with van der Waals surface area (Å²) in [6.07, 6.45) is 1.21. The maximum atomic E-state index is 11.2. The fourth-order valence-corrected chi connectivity index (χ4v) is 1.81. The van der Waals surface area contributed by atoms with E-state index in [0.717, 1.165) is 5.56 Å². The first kappa shape index (κ1) is 13.6.